The first-order valence-electron chi connectivity index (χ1n) is 9.57. The zero-order valence-electron chi connectivity index (χ0n) is 15.2. The van der Waals surface area contributed by atoms with Gasteiger partial charge in [0.25, 0.3) is 0 Å². The van der Waals surface area contributed by atoms with Gasteiger partial charge in [-0.05, 0) is 48.3 Å². The van der Waals surface area contributed by atoms with Crippen LogP contribution in [0.1, 0.15) is 62.5 Å². The summed E-state index contributed by atoms with van der Waals surface area (Å²) in [6.07, 6.45) is 5.16. The van der Waals surface area contributed by atoms with Gasteiger partial charge in [0, 0.05) is 5.92 Å². The van der Waals surface area contributed by atoms with E-state index in [4.69, 9.17) is 0 Å². The molecule has 1 fully saturated rings. The van der Waals surface area contributed by atoms with Gasteiger partial charge in [-0.25, -0.2) is 4.39 Å². The summed E-state index contributed by atoms with van der Waals surface area (Å²) in [6.45, 7) is 2.32. The molecule has 0 heterocycles. The molecule has 1 saturated carbocycles. The normalized spacial score (nSPS) is 27.0. The smallest absolute Gasteiger partial charge is 0.207 e. The third-order valence-corrected chi connectivity index (χ3v) is 5.87. The lowest BCUT2D eigenvalue weighted by Gasteiger charge is -2.26. The Morgan fingerprint density at radius 3 is 2.23 bits per heavy atom. The maximum absolute atomic E-state index is 13.8. The van der Waals surface area contributed by atoms with Crippen LogP contribution in [0.3, 0.4) is 0 Å². The Morgan fingerprint density at radius 2 is 1.65 bits per heavy atom. The second-order valence-corrected chi connectivity index (χ2v) is 7.88. The molecule has 1 atom stereocenters. The molecule has 1 aromatic rings. The van der Waals surface area contributed by atoms with Crippen LogP contribution >= 0.6 is 0 Å². The van der Waals surface area contributed by atoms with E-state index in [0.717, 1.165) is 36.0 Å². The summed E-state index contributed by atoms with van der Waals surface area (Å²) in [6, 6.07) is 7.93. The fourth-order valence-corrected chi connectivity index (χ4v) is 4.08. The van der Waals surface area contributed by atoms with Crippen LogP contribution in [0.5, 0.6) is 0 Å². The summed E-state index contributed by atoms with van der Waals surface area (Å²) in [5, 5.41) is 0. The lowest BCUT2D eigenvalue weighted by atomic mass is 9.80. The van der Waals surface area contributed by atoms with E-state index >= 15 is 0 Å². The summed E-state index contributed by atoms with van der Waals surface area (Å²) in [4.78, 5) is 0. The van der Waals surface area contributed by atoms with Crippen LogP contribution in [0.25, 0.3) is 0 Å². The average molecular weight is 366 g/mol. The maximum Gasteiger partial charge on any atom is 0.418 e. The molecule has 0 bridgehead atoms. The quantitative estimate of drug-likeness (QED) is 0.491. The van der Waals surface area contributed by atoms with Crippen molar-refractivity contribution in [2.45, 2.75) is 64.0 Å². The molecule has 0 aliphatic heterocycles. The summed E-state index contributed by atoms with van der Waals surface area (Å²) in [5.74, 6) is 0.188. The second kappa shape index (κ2) is 7.98. The van der Waals surface area contributed by atoms with Crippen molar-refractivity contribution in [2.24, 2.45) is 11.8 Å². The number of allylic oxidation sites excluding steroid dienone is 4. The lowest BCUT2D eigenvalue weighted by molar-refractivity contribution is -0.0916. The van der Waals surface area contributed by atoms with Crippen LogP contribution in [0.2, 0.25) is 0 Å². The third-order valence-electron chi connectivity index (χ3n) is 5.87. The summed E-state index contributed by atoms with van der Waals surface area (Å²) in [5.41, 5.74) is 0.971. The van der Waals surface area contributed by atoms with Gasteiger partial charge >= 0.3 is 6.18 Å². The minimum atomic E-state index is -4.62. The first-order chi connectivity index (χ1) is 12.3. The SMILES string of the molecule is CC1CCC(CCc2ccc(C3C=C(F)C(C(F)(F)F)=CC3)cc2)CC1. The molecule has 2 aliphatic rings. The molecule has 4 heteroatoms. The van der Waals surface area contributed by atoms with Crippen LogP contribution in [-0.4, -0.2) is 6.18 Å². The highest BCUT2D eigenvalue weighted by Gasteiger charge is 2.38. The molecule has 142 valence electrons. The molecule has 1 aromatic carbocycles. The number of hydrogen-bond donors (Lipinski definition) is 0. The topological polar surface area (TPSA) is 0 Å². The van der Waals surface area contributed by atoms with Crippen molar-refractivity contribution in [1.82, 2.24) is 0 Å². The number of halogens is 4. The van der Waals surface area contributed by atoms with Crippen molar-refractivity contribution >= 4 is 0 Å². The lowest BCUT2D eigenvalue weighted by Crippen LogP contribution is -2.16. The van der Waals surface area contributed by atoms with Gasteiger partial charge < -0.3 is 0 Å². The summed E-state index contributed by atoms with van der Waals surface area (Å²) >= 11 is 0. The molecule has 0 nitrogen and oxygen atoms in total. The standard InChI is InChI=1S/C22H26F4/c1-15-2-4-16(5-3-15)6-7-17-8-10-18(11-9-17)19-12-13-20(21(23)14-19)22(24,25)26/h8-11,13-16,19H,2-7,12H2,1H3. The van der Waals surface area contributed by atoms with Gasteiger partial charge in [-0.3, -0.25) is 0 Å². The molecular formula is C22H26F4. The molecular weight excluding hydrogens is 340 g/mol. The van der Waals surface area contributed by atoms with E-state index in [-0.39, 0.29) is 12.3 Å². The minimum Gasteiger partial charge on any atom is -0.207 e. The van der Waals surface area contributed by atoms with Crippen molar-refractivity contribution in [3.8, 4) is 0 Å². The van der Waals surface area contributed by atoms with Crippen LogP contribution in [-0.2, 0) is 6.42 Å². The minimum absolute atomic E-state index is 0.182. The average Bonchev–Trinajstić information content (AvgIpc) is 2.60. The summed E-state index contributed by atoms with van der Waals surface area (Å²) in [7, 11) is 0. The molecule has 0 N–H and O–H groups in total. The Bertz CT molecular complexity index is 658. The molecule has 0 radical (unpaired) electrons. The van der Waals surface area contributed by atoms with Gasteiger partial charge in [0.1, 0.15) is 5.83 Å². The third kappa shape index (κ3) is 4.77. The molecule has 0 aromatic heterocycles. The number of aryl methyl sites for hydroxylation is 1. The van der Waals surface area contributed by atoms with Gasteiger partial charge in [-0.1, -0.05) is 62.9 Å². The molecule has 0 amide bonds. The highest BCUT2D eigenvalue weighted by Crippen LogP contribution is 2.39. The molecule has 0 saturated heterocycles. The van der Waals surface area contributed by atoms with Gasteiger partial charge in [0.2, 0.25) is 0 Å². The van der Waals surface area contributed by atoms with E-state index in [9.17, 15) is 17.6 Å². The van der Waals surface area contributed by atoms with Crippen molar-refractivity contribution in [3.63, 3.8) is 0 Å². The number of hydrogen-bond acceptors (Lipinski definition) is 0. The van der Waals surface area contributed by atoms with E-state index in [1.54, 1.807) is 0 Å². The number of benzene rings is 1. The number of alkyl halides is 3. The monoisotopic (exact) mass is 366 g/mol. The van der Waals surface area contributed by atoms with Crippen LogP contribution in [0.4, 0.5) is 17.6 Å². The van der Waals surface area contributed by atoms with Crippen molar-refractivity contribution in [3.05, 3.63) is 58.9 Å². The molecule has 2 aliphatic carbocycles. The largest absolute Gasteiger partial charge is 0.418 e. The maximum atomic E-state index is 13.8. The zero-order valence-corrected chi connectivity index (χ0v) is 15.2. The number of rotatable bonds is 4. The molecule has 26 heavy (non-hydrogen) atoms. The molecule has 3 rings (SSSR count). The Balaban J connectivity index is 1.56. The Kier molecular flexibility index (Phi) is 5.89. The second-order valence-electron chi connectivity index (χ2n) is 7.88. The van der Waals surface area contributed by atoms with E-state index in [2.05, 4.69) is 6.92 Å². The first-order valence-corrected chi connectivity index (χ1v) is 9.57. The summed E-state index contributed by atoms with van der Waals surface area (Å²) < 4.78 is 51.8. The van der Waals surface area contributed by atoms with E-state index < -0.39 is 17.6 Å². The first kappa shape index (κ1) is 19.2. The molecule has 1 unspecified atom stereocenters. The fraction of sp³-hybridized carbons (Fsp3) is 0.545. The highest BCUT2D eigenvalue weighted by atomic mass is 19.4. The van der Waals surface area contributed by atoms with Crippen LogP contribution < -0.4 is 0 Å². The fourth-order valence-electron chi connectivity index (χ4n) is 4.08. The zero-order chi connectivity index (χ0) is 18.7. The van der Waals surface area contributed by atoms with Gasteiger partial charge in [-0.2, -0.15) is 13.2 Å². The van der Waals surface area contributed by atoms with Gasteiger partial charge in [0.05, 0.1) is 5.57 Å². The Hall–Kier alpha value is -1.58. The van der Waals surface area contributed by atoms with Gasteiger partial charge in [0.15, 0.2) is 0 Å². The van der Waals surface area contributed by atoms with E-state index in [1.807, 2.05) is 24.3 Å². The van der Waals surface area contributed by atoms with Crippen LogP contribution in [0, 0.1) is 11.8 Å². The highest BCUT2D eigenvalue weighted by molar-refractivity contribution is 5.39. The van der Waals surface area contributed by atoms with Crippen molar-refractivity contribution in [1.29, 1.82) is 0 Å². The predicted octanol–water partition coefficient (Wildman–Crippen LogP) is 7.27. The Labute approximate surface area is 153 Å². The van der Waals surface area contributed by atoms with Crippen molar-refractivity contribution in [2.75, 3.05) is 0 Å². The van der Waals surface area contributed by atoms with E-state index in [0.29, 0.717) is 0 Å². The predicted molar refractivity (Wildman–Crippen MR) is 96.6 cm³/mol. The molecule has 0 spiro atoms. The van der Waals surface area contributed by atoms with Gasteiger partial charge in [-0.15, -0.1) is 0 Å². The van der Waals surface area contributed by atoms with E-state index in [1.165, 1.54) is 37.7 Å². The van der Waals surface area contributed by atoms with Crippen LogP contribution in [0.15, 0.2) is 47.8 Å². The van der Waals surface area contributed by atoms with Crippen molar-refractivity contribution < 1.29 is 17.6 Å². The Morgan fingerprint density at radius 1 is 1.00 bits per heavy atom.